The van der Waals surface area contributed by atoms with Gasteiger partial charge in [0.15, 0.2) is 6.04 Å². The minimum absolute atomic E-state index is 0.215. The molecule has 0 spiro atoms. The summed E-state index contributed by atoms with van der Waals surface area (Å²) in [6.07, 6.45) is 2.98. The van der Waals surface area contributed by atoms with Crippen LogP contribution >= 0.6 is 0 Å². The lowest BCUT2D eigenvalue weighted by molar-refractivity contribution is -0.142. The Morgan fingerprint density at radius 2 is 1.94 bits per heavy atom. The average Bonchev–Trinajstić information content (AvgIpc) is 2.40. The Hall–Kier alpha value is -2.55. The Morgan fingerprint density at radius 1 is 1.28 bits per heavy atom. The largest absolute Gasteiger partial charge is 0.467 e. The fraction of sp³-hybridized carbons (Fsp3) is 0.250. The normalized spacial score (nSPS) is 10.7. The van der Waals surface area contributed by atoms with Gasteiger partial charge in [-0.05, 0) is 17.7 Å². The van der Waals surface area contributed by atoms with Crippen molar-refractivity contribution < 1.29 is 19.1 Å². The first-order chi connectivity index (χ1) is 8.71. The second-order valence-electron chi connectivity index (χ2n) is 3.33. The summed E-state index contributed by atoms with van der Waals surface area (Å²) in [5, 5.41) is 0. The summed E-state index contributed by atoms with van der Waals surface area (Å²) in [5.74, 6) is -0.603. The molecule has 0 fully saturated rings. The van der Waals surface area contributed by atoms with Crippen LogP contribution in [0, 0.1) is 0 Å². The fourth-order valence-electron chi connectivity index (χ4n) is 1.36. The molecule has 18 heavy (non-hydrogen) atoms. The van der Waals surface area contributed by atoms with E-state index < -0.39 is 12.0 Å². The van der Waals surface area contributed by atoms with Crippen molar-refractivity contribution in [2.45, 2.75) is 12.5 Å². The van der Waals surface area contributed by atoms with Crippen molar-refractivity contribution in [1.82, 2.24) is 0 Å². The van der Waals surface area contributed by atoms with Crippen LogP contribution in [-0.4, -0.2) is 31.3 Å². The summed E-state index contributed by atoms with van der Waals surface area (Å²) < 4.78 is 4.52. The SMILES string of the molecule is COC(=O)C(Cc1ccc(N=C=O)cc1)N=C=O. The molecule has 1 unspecified atom stereocenters. The van der Waals surface area contributed by atoms with Crippen LogP contribution in [0.2, 0.25) is 0 Å². The first kappa shape index (κ1) is 13.5. The van der Waals surface area contributed by atoms with Crippen LogP contribution in [0.4, 0.5) is 5.69 Å². The van der Waals surface area contributed by atoms with E-state index in [9.17, 15) is 14.4 Å². The molecule has 0 aliphatic carbocycles. The smallest absolute Gasteiger partial charge is 0.331 e. The van der Waals surface area contributed by atoms with E-state index in [1.807, 2.05) is 0 Å². The van der Waals surface area contributed by atoms with Gasteiger partial charge in [-0.3, -0.25) is 0 Å². The highest BCUT2D eigenvalue weighted by molar-refractivity contribution is 5.77. The van der Waals surface area contributed by atoms with E-state index in [2.05, 4.69) is 14.7 Å². The number of ether oxygens (including phenoxy) is 1. The maximum Gasteiger partial charge on any atom is 0.331 e. The predicted octanol–water partition coefficient (Wildman–Crippen LogP) is 1.07. The Bertz CT molecular complexity index is 511. The average molecular weight is 246 g/mol. The second kappa shape index (κ2) is 6.91. The van der Waals surface area contributed by atoms with Crippen LogP contribution in [0.1, 0.15) is 5.56 Å². The first-order valence-electron chi connectivity index (χ1n) is 5.03. The third-order valence-electron chi connectivity index (χ3n) is 2.22. The zero-order chi connectivity index (χ0) is 13.4. The third-order valence-corrected chi connectivity index (χ3v) is 2.22. The Labute approximate surface area is 103 Å². The summed E-state index contributed by atoms with van der Waals surface area (Å²) >= 11 is 0. The van der Waals surface area contributed by atoms with E-state index >= 15 is 0 Å². The number of esters is 1. The van der Waals surface area contributed by atoms with E-state index in [0.29, 0.717) is 5.69 Å². The van der Waals surface area contributed by atoms with Crippen molar-refractivity contribution >= 4 is 23.8 Å². The minimum Gasteiger partial charge on any atom is -0.467 e. The van der Waals surface area contributed by atoms with Gasteiger partial charge in [0.05, 0.1) is 12.8 Å². The van der Waals surface area contributed by atoms with Crippen LogP contribution in [0.3, 0.4) is 0 Å². The van der Waals surface area contributed by atoms with Gasteiger partial charge < -0.3 is 4.74 Å². The number of hydrogen-bond acceptors (Lipinski definition) is 6. The number of aliphatic imine (C=N–C) groups is 2. The van der Waals surface area contributed by atoms with Crippen molar-refractivity contribution in [3.8, 4) is 0 Å². The van der Waals surface area contributed by atoms with Crippen LogP contribution < -0.4 is 0 Å². The molecule has 0 N–H and O–H groups in total. The maximum atomic E-state index is 11.3. The summed E-state index contributed by atoms with van der Waals surface area (Å²) in [5.41, 5.74) is 1.22. The van der Waals surface area contributed by atoms with E-state index in [1.54, 1.807) is 24.3 Å². The number of benzene rings is 1. The summed E-state index contributed by atoms with van der Waals surface area (Å²) in [4.78, 5) is 38.4. The Kier molecular flexibility index (Phi) is 5.19. The molecule has 6 nitrogen and oxygen atoms in total. The summed E-state index contributed by atoms with van der Waals surface area (Å²) in [6, 6.07) is 5.63. The number of carbonyl (C=O) groups is 1. The predicted molar refractivity (Wildman–Crippen MR) is 61.9 cm³/mol. The highest BCUT2D eigenvalue weighted by atomic mass is 16.5. The van der Waals surface area contributed by atoms with Crippen LogP contribution in [0.15, 0.2) is 34.3 Å². The van der Waals surface area contributed by atoms with Crippen molar-refractivity contribution in [1.29, 1.82) is 0 Å². The topological polar surface area (TPSA) is 85.2 Å². The second-order valence-corrected chi connectivity index (χ2v) is 3.33. The molecule has 1 atom stereocenters. The lowest BCUT2D eigenvalue weighted by atomic mass is 10.1. The molecule has 0 heterocycles. The Morgan fingerprint density at radius 3 is 2.44 bits per heavy atom. The molecule has 0 saturated carbocycles. The third kappa shape index (κ3) is 3.79. The molecular weight excluding hydrogens is 236 g/mol. The van der Waals surface area contributed by atoms with Crippen molar-refractivity contribution in [2.75, 3.05) is 7.11 Å². The molecule has 0 saturated heterocycles. The zero-order valence-corrected chi connectivity index (χ0v) is 9.62. The lowest BCUT2D eigenvalue weighted by Gasteiger charge is -2.08. The van der Waals surface area contributed by atoms with Gasteiger partial charge >= 0.3 is 5.97 Å². The van der Waals surface area contributed by atoms with Gasteiger partial charge in [0.1, 0.15) is 0 Å². The van der Waals surface area contributed by atoms with Gasteiger partial charge in [0.2, 0.25) is 12.2 Å². The van der Waals surface area contributed by atoms with Gasteiger partial charge in [-0.2, -0.15) is 9.98 Å². The number of methoxy groups -OCH3 is 1. The maximum absolute atomic E-state index is 11.3. The van der Waals surface area contributed by atoms with E-state index in [-0.39, 0.29) is 6.42 Å². The quantitative estimate of drug-likeness (QED) is 0.442. The number of hydrogen-bond donors (Lipinski definition) is 0. The molecule has 1 aromatic carbocycles. The van der Waals surface area contributed by atoms with Crippen molar-refractivity contribution in [2.24, 2.45) is 9.98 Å². The number of carbonyl (C=O) groups excluding carboxylic acids is 3. The molecule has 0 aliphatic rings. The van der Waals surface area contributed by atoms with E-state index in [4.69, 9.17) is 0 Å². The van der Waals surface area contributed by atoms with Crippen molar-refractivity contribution in [3.05, 3.63) is 29.8 Å². The molecule has 0 radical (unpaired) electrons. The molecule has 1 aromatic rings. The molecular formula is C12H10N2O4. The summed E-state index contributed by atoms with van der Waals surface area (Å²) in [7, 11) is 1.22. The monoisotopic (exact) mass is 246 g/mol. The molecule has 92 valence electrons. The van der Waals surface area contributed by atoms with Crippen molar-refractivity contribution in [3.63, 3.8) is 0 Å². The molecule has 0 aromatic heterocycles. The molecule has 1 rings (SSSR count). The molecule has 0 bridgehead atoms. The van der Waals surface area contributed by atoms with Crippen LogP contribution in [0.25, 0.3) is 0 Å². The van der Waals surface area contributed by atoms with Gasteiger partial charge in [-0.15, -0.1) is 0 Å². The highest BCUT2D eigenvalue weighted by Crippen LogP contribution is 2.14. The van der Waals surface area contributed by atoms with E-state index in [0.717, 1.165) is 5.56 Å². The molecule has 0 aliphatic heterocycles. The fourth-order valence-corrected chi connectivity index (χ4v) is 1.36. The summed E-state index contributed by atoms with van der Waals surface area (Å²) in [6.45, 7) is 0. The molecule has 0 amide bonds. The van der Waals surface area contributed by atoms with E-state index in [1.165, 1.54) is 19.3 Å². The number of rotatable bonds is 5. The zero-order valence-electron chi connectivity index (χ0n) is 9.62. The molecule has 6 heteroatoms. The minimum atomic E-state index is -0.909. The number of nitrogens with zero attached hydrogens (tertiary/aromatic N) is 2. The lowest BCUT2D eigenvalue weighted by Crippen LogP contribution is -2.22. The van der Waals surface area contributed by atoms with Gasteiger partial charge in [-0.25, -0.2) is 14.4 Å². The highest BCUT2D eigenvalue weighted by Gasteiger charge is 2.18. The first-order valence-corrected chi connectivity index (χ1v) is 5.03. The van der Waals surface area contributed by atoms with Crippen LogP contribution in [0.5, 0.6) is 0 Å². The van der Waals surface area contributed by atoms with Gasteiger partial charge in [-0.1, -0.05) is 12.1 Å². The Balaban J connectivity index is 2.84. The van der Waals surface area contributed by atoms with Crippen LogP contribution in [-0.2, 0) is 25.5 Å². The van der Waals surface area contributed by atoms with Gasteiger partial charge in [0.25, 0.3) is 0 Å². The van der Waals surface area contributed by atoms with Gasteiger partial charge in [0, 0.05) is 6.42 Å². The standard InChI is InChI=1S/C12H10N2O4/c1-18-12(17)11(14-8-16)6-9-2-4-10(5-3-9)13-7-15/h2-5,11H,6H2,1H3. The number of isocyanates is 2.